The molecular formula is C14H26N2O2. The molecule has 0 aromatic carbocycles. The van der Waals surface area contributed by atoms with Gasteiger partial charge >= 0.3 is 0 Å². The van der Waals surface area contributed by atoms with Crippen molar-refractivity contribution in [2.45, 2.75) is 65.5 Å². The second-order valence-corrected chi connectivity index (χ2v) is 5.82. The van der Waals surface area contributed by atoms with E-state index in [1.54, 1.807) is 0 Å². The lowest BCUT2D eigenvalue weighted by Gasteiger charge is -2.30. The van der Waals surface area contributed by atoms with Gasteiger partial charge in [0.2, 0.25) is 11.8 Å². The van der Waals surface area contributed by atoms with Gasteiger partial charge in [0.1, 0.15) is 0 Å². The van der Waals surface area contributed by atoms with Gasteiger partial charge in [-0.3, -0.25) is 9.59 Å². The summed E-state index contributed by atoms with van der Waals surface area (Å²) in [4.78, 5) is 24.2. The molecule has 0 radical (unpaired) electrons. The number of nitrogens with one attached hydrogen (secondary N) is 2. The molecule has 2 unspecified atom stereocenters. The molecule has 1 fully saturated rings. The second kappa shape index (κ2) is 6.76. The topological polar surface area (TPSA) is 58.2 Å². The molecule has 18 heavy (non-hydrogen) atoms. The molecule has 0 spiro atoms. The van der Waals surface area contributed by atoms with E-state index in [1.807, 2.05) is 27.7 Å². The summed E-state index contributed by atoms with van der Waals surface area (Å²) in [6.07, 6.45) is 3.74. The highest BCUT2D eigenvalue weighted by molar-refractivity contribution is 5.88. The molecule has 0 saturated heterocycles. The average molecular weight is 254 g/mol. The van der Waals surface area contributed by atoms with Crippen molar-refractivity contribution in [2.24, 2.45) is 11.8 Å². The number of carbonyl (C=O) groups excluding carboxylic acids is 2. The molecule has 0 aromatic rings. The molecule has 1 saturated carbocycles. The zero-order valence-corrected chi connectivity index (χ0v) is 12.0. The zero-order valence-electron chi connectivity index (χ0n) is 12.0. The van der Waals surface area contributed by atoms with Gasteiger partial charge in [-0.25, -0.2) is 0 Å². The van der Waals surface area contributed by atoms with E-state index >= 15 is 0 Å². The summed E-state index contributed by atoms with van der Waals surface area (Å²) < 4.78 is 0. The maximum absolute atomic E-state index is 12.1. The van der Waals surface area contributed by atoms with E-state index in [1.165, 1.54) is 0 Å². The molecule has 0 aliphatic heterocycles. The van der Waals surface area contributed by atoms with E-state index in [2.05, 4.69) is 10.6 Å². The summed E-state index contributed by atoms with van der Waals surface area (Å²) in [7, 11) is 0. The predicted molar refractivity (Wildman–Crippen MR) is 72.0 cm³/mol. The Kier molecular flexibility index (Phi) is 5.63. The van der Waals surface area contributed by atoms with Crippen molar-refractivity contribution in [1.29, 1.82) is 0 Å². The van der Waals surface area contributed by atoms with Crippen LogP contribution in [-0.4, -0.2) is 23.9 Å². The Labute approximate surface area is 110 Å². The van der Waals surface area contributed by atoms with Crippen molar-refractivity contribution in [3.8, 4) is 0 Å². The fraction of sp³-hybridized carbons (Fsp3) is 0.857. The van der Waals surface area contributed by atoms with E-state index in [4.69, 9.17) is 0 Å². The highest BCUT2D eigenvalue weighted by Gasteiger charge is 2.35. The van der Waals surface area contributed by atoms with Gasteiger partial charge in [0.25, 0.3) is 0 Å². The summed E-state index contributed by atoms with van der Waals surface area (Å²) in [6, 6.07) is 0.265. The molecule has 2 amide bonds. The first kappa shape index (κ1) is 15.0. The van der Waals surface area contributed by atoms with Gasteiger partial charge < -0.3 is 10.6 Å². The molecular weight excluding hydrogens is 228 g/mol. The molecule has 4 heteroatoms. The van der Waals surface area contributed by atoms with Crippen LogP contribution in [0.1, 0.15) is 53.4 Å². The van der Waals surface area contributed by atoms with Crippen molar-refractivity contribution in [3.05, 3.63) is 0 Å². The Balaban J connectivity index is 2.67. The third kappa shape index (κ3) is 4.31. The summed E-state index contributed by atoms with van der Waals surface area (Å²) in [5.74, 6) is -0.234. The molecule has 1 aliphatic rings. The Morgan fingerprint density at radius 3 is 1.44 bits per heavy atom. The first-order chi connectivity index (χ1) is 8.41. The minimum Gasteiger partial charge on any atom is -0.354 e. The third-order valence-corrected chi connectivity index (χ3v) is 3.30. The molecule has 1 aliphatic carbocycles. The van der Waals surface area contributed by atoms with Gasteiger partial charge in [0, 0.05) is 23.9 Å². The molecule has 2 atom stereocenters. The van der Waals surface area contributed by atoms with Crippen molar-refractivity contribution < 1.29 is 9.59 Å². The van der Waals surface area contributed by atoms with Gasteiger partial charge in [0.05, 0.1) is 0 Å². The quantitative estimate of drug-likeness (QED) is 0.804. The van der Waals surface area contributed by atoms with Crippen LogP contribution in [0.15, 0.2) is 0 Å². The van der Waals surface area contributed by atoms with E-state index < -0.39 is 0 Å². The standard InChI is InChI=1S/C14H26N2O2/c1-9(2)15-13(17)11-7-5-6-8-12(11)14(18)16-10(3)4/h9-12H,5-8H2,1-4H3,(H,15,17)(H,16,18). The van der Waals surface area contributed by atoms with E-state index in [0.29, 0.717) is 0 Å². The molecule has 1 rings (SSSR count). The highest BCUT2D eigenvalue weighted by Crippen LogP contribution is 2.30. The Bertz CT molecular complexity index is 270. The lowest BCUT2D eigenvalue weighted by Crippen LogP contribution is -2.46. The lowest BCUT2D eigenvalue weighted by molar-refractivity contribution is -0.137. The molecule has 0 aromatic heterocycles. The number of rotatable bonds is 4. The van der Waals surface area contributed by atoms with Gasteiger partial charge in [-0.05, 0) is 40.5 Å². The van der Waals surface area contributed by atoms with Crippen LogP contribution >= 0.6 is 0 Å². The number of amides is 2. The highest BCUT2D eigenvalue weighted by atomic mass is 16.2. The molecule has 104 valence electrons. The fourth-order valence-electron chi connectivity index (χ4n) is 2.54. The Hall–Kier alpha value is -1.06. The van der Waals surface area contributed by atoms with Crippen LogP contribution in [0.25, 0.3) is 0 Å². The van der Waals surface area contributed by atoms with Gasteiger partial charge in [-0.15, -0.1) is 0 Å². The summed E-state index contributed by atoms with van der Waals surface area (Å²) in [6.45, 7) is 7.79. The van der Waals surface area contributed by atoms with Gasteiger partial charge in [-0.1, -0.05) is 12.8 Å². The van der Waals surface area contributed by atoms with E-state index in [9.17, 15) is 9.59 Å². The van der Waals surface area contributed by atoms with Crippen LogP contribution in [0.5, 0.6) is 0 Å². The number of hydrogen-bond donors (Lipinski definition) is 2. The monoisotopic (exact) mass is 254 g/mol. The number of carbonyl (C=O) groups is 2. The summed E-state index contributed by atoms with van der Waals surface area (Å²) >= 11 is 0. The number of hydrogen-bond acceptors (Lipinski definition) is 2. The van der Waals surface area contributed by atoms with Crippen LogP contribution in [-0.2, 0) is 9.59 Å². The van der Waals surface area contributed by atoms with Crippen LogP contribution in [0, 0.1) is 11.8 Å². The normalized spacial score (nSPS) is 24.1. The minimum atomic E-state index is -0.153. The maximum Gasteiger partial charge on any atom is 0.224 e. The zero-order chi connectivity index (χ0) is 13.7. The Morgan fingerprint density at radius 2 is 1.17 bits per heavy atom. The Morgan fingerprint density at radius 1 is 0.833 bits per heavy atom. The smallest absolute Gasteiger partial charge is 0.224 e. The average Bonchev–Trinajstić information content (AvgIpc) is 2.27. The first-order valence-corrected chi connectivity index (χ1v) is 7.02. The van der Waals surface area contributed by atoms with Gasteiger partial charge in [0.15, 0.2) is 0 Å². The van der Waals surface area contributed by atoms with E-state index in [-0.39, 0.29) is 35.7 Å². The van der Waals surface area contributed by atoms with Gasteiger partial charge in [-0.2, -0.15) is 0 Å². The third-order valence-electron chi connectivity index (χ3n) is 3.30. The summed E-state index contributed by atoms with van der Waals surface area (Å²) in [5, 5.41) is 5.86. The van der Waals surface area contributed by atoms with E-state index in [0.717, 1.165) is 25.7 Å². The second-order valence-electron chi connectivity index (χ2n) is 5.82. The molecule has 0 bridgehead atoms. The molecule has 0 heterocycles. The minimum absolute atomic E-state index is 0.0357. The first-order valence-electron chi connectivity index (χ1n) is 7.02. The largest absolute Gasteiger partial charge is 0.354 e. The summed E-state index contributed by atoms with van der Waals surface area (Å²) in [5.41, 5.74) is 0. The van der Waals surface area contributed by atoms with Crippen molar-refractivity contribution >= 4 is 11.8 Å². The van der Waals surface area contributed by atoms with Crippen molar-refractivity contribution in [1.82, 2.24) is 10.6 Å². The molecule has 4 nitrogen and oxygen atoms in total. The molecule has 2 N–H and O–H groups in total. The van der Waals surface area contributed by atoms with Crippen molar-refractivity contribution in [3.63, 3.8) is 0 Å². The van der Waals surface area contributed by atoms with Crippen LogP contribution in [0.3, 0.4) is 0 Å². The fourth-order valence-corrected chi connectivity index (χ4v) is 2.54. The van der Waals surface area contributed by atoms with Crippen LogP contribution in [0.2, 0.25) is 0 Å². The van der Waals surface area contributed by atoms with Crippen LogP contribution in [0.4, 0.5) is 0 Å². The SMILES string of the molecule is CC(C)NC(=O)C1CCCCC1C(=O)NC(C)C. The predicted octanol–water partition coefficient (Wildman–Crippen LogP) is 1.84. The lowest BCUT2D eigenvalue weighted by atomic mass is 9.78. The van der Waals surface area contributed by atoms with Crippen LogP contribution < -0.4 is 10.6 Å². The van der Waals surface area contributed by atoms with Crippen molar-refractivity contribution in [2.75, 3.05) is 0 Å². The maximum atomic E-state index is 12.1.